The van der Waals surface area contributed by atoms with Crippen LogP contribution >= 0.6 is 11.6 Å². The maximum atomic E-state index is 12.6. The second kappa shape index (κ2) is 7.81. The highest BCUT2D eigenvalue weighted by molar-refractivity contribution is 7.92. The fraction of sp³-hybridized carbons (Fsp3) is 0.111. The first kappa shape index (κ1) is 18.9. The summed E-state index contributed by atoms with van der Waals surface area (Å²) >= 11 is 6.00. The highest BCUT2D eigenvalue weighted by atomic mass is 35.5. The van der Waals surface area contributed by atoms with Crippen LogP contribution < -0.4 is 10.0 Å². The van der Waals surface area contributed by atoms with Crippen LogP contribution in [0.3, 0.4) is 0 Å². The van der Waals surface area contributed by atoms with E-state index in [1.54, 1.807) is 37.3 Å². The number of amides is 1. The standard InChI is InChI=1S/C18H16ClN3O4S/c1-12-9-14(21-26-12)11-20-18(23)13-5-4-6-15(10-13)27(24,25)22-17-8-3-2-7-16(17)19/h2-10,22H,11H2,1H3,(H,20,23). The molecule has 7 nitrogen and oxygen atoms in total. The summed E-state index contributed by atoms with van der Waals surface area (Å²) in [5, 5.41) is 6.73. The van der Waals surface area contributed by atoms with Gasteiger partial charge in [0.25, 0.3) is 15.9 Å². The van der Waals surface area contributed by atoms with Gasteiger partial charge in [0.2, 0.25) is 0 Å². The average molecular weight is 406 g/mol. The van der Waals surface area contributed by atoms with Crippen LogP contribution in [-0.4, -0.2) is 19.5 Å². The van der Waals surface area contributed by atoms with Crippen molar-refractivity contribution >= 4 is 33.2 Å². The normalized spacial score (nSPS) is 11.2. The predicted octanol–water partition coefficient (Wildman–Crippen LogP) is 3.37. The number of sulfonamides is 1. The van der Waals surface area contributed by atoms with Gasteiger partial charge in [-0.3, -0.25) is 9.52 Å². The van der Waals surface area contributed by atoms with Gasteiger partial charge in [-0.1, -0.05) is 35.0 Å². The predicted molar refractivity (Wildman–Crippen MR) is 101 cm³/mol. The van der Waals surface area contributed by atoms with E-state index in [-0.39, 0.29) is 27.7 Å². The molecule has 0 radical (unpaired) electrons. The molecule has 0 bridgehead atoms. The van der Waals surface area contributed by atoms with Gasteiger partial charge < -0.3 is 9.84 Å². The number of para-hydroxylation sites is 1. The van der Waals surface area contributed by atoms with Crippen LogP contribution in [0.4, 0.5) is 5.69 Å². The third-order valence-corrected chi connectivity index (χ3v) is 5.32. The lowest BCUT2D eigenvalue weighted by Gasteiger charge is -2.10. The number of nitrogens with one attached hydrogen (secondary N) is 2. The summed E-state index contributed by atoms with van der Waals surface area (Å²) in [6.45, 7) is 1.92. The van der Waals surface area contributed by atoms with Gasteiger partial charge in [0.05, 0.1) is 22.2 Å². The van der Waals surface area contributed by atoms with E-state index in [1.807, 2.05) is 0 Å². The van der Waals surface area contributed by atoms with Gasteiger partial charge >= 0.3 is 0 Å². The first-order valence-electron chi connectivity index (χ1n) is 7.93. The third-order valence-electron chi connectivity index (χ3n) is 3.63. The SMILES string of the molecule is Cc1cc(CNC(=O)c2cccc(S(=O)(=O)Nc3ccccc3Cl)c2)no1. The van der Waals surface area contributed by atoms with E-state index >= 15 is 0 Å². The molecule has 3 aromatic rings. The van der Waals surface area contributed by atoms with Crippen LogP contribution in [0, 0.1) is 6.92 Å². The number of rotatable bonds is 6. The number of hydrogen-bond donors (Lipinski definition) is 2. The van der Waals surface area contributed by atoms with Crippen molar-refractivity contribution in [3.63, 3.8) is 0 Å². The van der Waals surface area contributed by atoms with E-state index in [2.05, 4.69) is 15.2 Å². The molecule has 2 aromatic carbocycles. The molecular formula is C18H16ClN3O4S. The molecule has 0 aliphatic heterocycles. The summed E-state index contributed by atoms with van der Waals surface area (Å²) in [6, 6.07) is 13.9. The Balaban J connectivity index is 1.76. The lowest BCUT2D eigenvalue weighted by molar-refractivity contribution is 0.0950. The number of nitrogens with zero attached hydrogens (tertiary/aromatic N) is 1. The number of hydrogen-bond acceptors (Lipinski definition) is 5. The molecule has 0 saturated heterocycles. The van der Waals surface area contributed by atoms with E-state index < -0.39 is 15.9 Å². The molecule has 0 spiro atoms. The molecule has 0 atom stereocenters. The number of halogens is 1. The number of aromatic nitrogens is 1. The Hall–Kier alpha value is -2.84. The molecule has 140 valence electrons. The van der Waals surface area contributed by atoms with Gasteiger partial charge in [-0.2, -0.15) is 0 Å². The monoisotopic (exact) mass is 405 g/mol. The molecule has 27 heavy (non-hydrogen) atoms. The second-order valence-corrected chi connectivity index (χ2v) is 7.81. The van der Waals surface area contributed by atoms with Crippen LogP contribution in [0.15, 0.2) is 64.0 Å². The first-order valence-corrected chi connectivity index (χ1v) is 9.79. The summed E-state index contributed by atoms with van der Waals surface area (Å²) in [4.78, 5) is 12.3. The van der Waals surface area contributed by atoms with Crippen molar-refractivity contribution in [3.05, 3.63) is 76.6 Å². The van der Waals surface area contributed by atoms with Gasteiger partial charge in [0, 0.05) is 11.6 Å². The van der Waals surface area contributed by atoms with Crippen molar-refractivity contribution in [1.82, 2.24) is 10.5 Å². The molecule has 1 aromatic heterocycles. The van der Waals surface area contributed by atoms with Crippen LogP contribution in [0.5, 0.6) is 0 Å². The van der Waals surface area contributed by atoms with E-state index in [9.17, 15) is 13.2 Å². The highest BCUT2D eigenvalue weighted by Gasteiger charge is 2.17. The molecule has 0 aliphatic rings. The van der Waals surface area contributed by atoms with Gasteiger partial charge in [-0.05, 0) is 37.3 Å². The fourth-order valence-corrected chi connectivity index (χ4v) is 3.69. The van der Waals surface area contributed by atoms with Crippen LogP contribution in [0.25, 0.3) is 0 Å². The maximum absolute atomic E-state index is 12.6. The molecule has 0 saturated carbocycles. The molecule has 1 heterocycles. The Bertz CT molecular complexity index is 1080. The van der Waals surface area contributed by atoms with Crippen molar-refractivity contribution in [2.45, 2.75) is 18.4 Å². The molecule has 0 aliphatic carbocycles. The number of carbonyl (C=O) groups is 1. The van der Waals surface area contributed by atoms with Gasteiger partial charge in [0.15, 0.2) is 0 Å². The van der Waals surface area contributed by atoms with E-state index in [4.69, 9.17) is 16.1 Å². The Morgan fingerprint density at radius 2 is 1.93 bits per heavy atom. The highest BCUT2D eigenvalue weighted by Crippen LogP contribution is 2.24. The van der Waals surface area contributed by atoms with Crippen molar-refractivity contribution in [3.8, 4) is 0 Å². The van der Waals surface area contributed by atoms with Crippen LogP contribution in [0.1, 0.15) is 21.8 Å². The summed E-state index contributed by atoms with van der Waals surface area (Å²) in [6.07, 6.45) is 0. The Morgan fingerprint density at radius 1 is 1.15 bits per heavy atom. The molecule has 1 amide bonds. The molecule has 3 rings (SSSR count). The minimum absolute atomic E-state index is 0.0487. The summed E-state index contributed by atoms with van der Waals surface area (Å²) < 4.78 is 32.5. The number of carbonyl (C=O) groups excluding carboxylic acids is 1. The quantitative estimate of drug-likeness (QED) is 0.654. The topological polar surface area (TPSA) is 101 Å². The average Bonchev–Trinajstić information content (AvgIpc) is 3.07. The van der Waals surface area contributed by atoms with E-state index in [1.165, 1.54) is 24.3 Å². The largest absolute Gasteiger partial charge is 0.361 e. The van der Waals surface area contributed by atoms with Crippen molar-refractivity contribution < 1.29 is 17.7 Å². The molecular weight excluding hydrogens is 390 g/mol. The lowest BCUT2D eigenvalue weighted by Crippen LogP contribution is -2.23. The first-order chi connectivity index (χ1) is 12.8. The third kappa shape index (κ3) is 4.66. The fourth-order valence-electron chi connectivity index (χ4n) is 2.33. The molecule has 0 fully saturated rings. The Kier molecular flexibility index (Phi) is 5.48. The Morgan fingerprint density at radius 3 is 2.63 bits per heavy atom. The van der Waals surface area contributed by atoms with Crippen LogP contribution in [0.2, 0.25) is 5.02 Å². The zero-order valence-electron chi connectivity index (χ0n) is 14.3. The zero-order valence-corrected chi connectivity index (χ0v) is 15.8. The molecule has 2 N–H and O–H groups in total. The van der Waals surface area contributed by atoms with E-state index in [0.29, 0.717) is 11.5 Å². The number of anilines is 1. The van der Waals surface area contributed by atoms with Crippen LogP contribution in [-0.2, 0) is 16.6 Å². The zero-order chi connectivity index (χ0) is 19.4. The second-order valence-electron chi connectivity index (χ2n) is 5.72. The van der Waals surface area contributed by atoms with Gasteiger partial charge in [-0.15, -0.1) is 0 Å². The molecule has 9 heteroatoms. The van der Waals surface area contributed by atoms with E-state index in [0.717, 1.165) is 0 Å². The van der Waals surface area contributed by atoms with Crippen molar-refractivity contribution in [2.75, 3.05) is 4.72 Å². The van der Waals surface area contributed by atoms with Crippen molar-refractivity contribution in [1.29, 1.82) is 0 Å². The summed E-state index contributed by atoms with van der Waals surface area (Å²) in [5.41, 5.74) is 1.04. The summed E-state index contributed by atoms with van der Waals surface area (Å²) in [5.74, 6) is 0.212. The van der Waals surface area contributed by atoms with Gasteiger partial charge in [0.1, 0.15) is 11.5 Å². The number of aryl methyl sites for hydroxylation is 1. The van der Waals surface area contributed by atoms with Gasteiger partial charge in [-0.25, -0.2) is 8.42 Å². The Labute approximate surface area is 161 Å². The minimum atomic E-state index is -3.90. The van der Waals surface area contributed by atoms with Crippen molar-refractivity contribution in [2.24, 2.45) is 0 Å². The summed E-state index contributed by atoms with van der Waals surface area (Å²) in [7, 11) is -3.90. The smallest absolute Gasteiger partial charge is 0.261 e. The molecule has 0 unspecified atom stereocenters. The minimum Gasteiger partial charge on any atom is -0.361 e. The number of benzene rings is 2. The lowest BCUT2D eigenvalue weighted by atomic mass is 10.2. The maximum Gasteiger partial charge on any atom is 0.261 e.